The molecule has 71 valence electrons. The molecule has 0 unspecified atom stereocenters. The molecule has 0 saturated heterocycles. The van der Waals surface area contributed by atoms with E-state index in [-0.39, 0.29) is 0 Å². The first-order valence-electron chi connectivity index (χ1n) is 4.44. The number of allylic oxidation sites excluding steroid dienone is 2. The smallest absolute Gasteiger partial charge is 0.118 e. The maximum absolute atomic E-state index is 5.08. The fraction of sp³-hybridized carbons (Fsp3) is 0.182. The number of ether oxygens (including phenoxy) is 1. The van der Waals surface area contributed by atoms with Crippen molar-refractivity contribution in [1.82, 2.24) is 5.43 Å². The van der Waals surface area contributed by atoms with Crippen LogP contribution < -0.4 is 10.2 Å². The van der Waals surface area contributed by atoms with Gasteiger partial charge in [-0.3, -0.25) is 0 Å². The highest BCUT2D eigenvalue weighted by molar-refractivity contribution is 5.74. The first-order chi connectivity index (χ1) is 6.88. The van der Waals surface area contributed by atoms with E-state index in [4.69, 9.17) is 4.74 Å². The van der Waals surface area contributed by atoms with Crippen LogP contribution in [-0.2, 0) is 6.42 Å². The van der Waals surface area contributed by atoms with Crippen molar-refractivity contribution < 1.29 is 4.74 Å². The zero-order valence-corrected chi connectivity index (χ0v) is 7.97. The van der Waals surface area contributed by atoms with Crippen molar-refractivity contribution in [1.29, 1.82) is 0 Å². The van der Waals surface area contributed by atoms with Gasteiger partial charge < -0.3 is 4.74 Å². The Hall–Kier alpha value is -1.77. The van der Waals surface area contributed by atoms with Crippen LogP contribution in [0.2, 0.25) is 0 Å². The molecule has 0 aromatic heterocycles. The van der Waals surface area contributed by atoms with Crippen molar-refractivity contribution in [2.45, 2.75) is 6.42 Å². The Morgan fingerprint density at radius 3 is 2.57 bits per heavy atom. The van der Waals surface area contributed by atoms with E-state index >= 15 is 0 Å². The van der Waals surface area contributed by atoms with Crippen LogP contribution in [-0.4, -0.2) is 13.3 Å². The molecule has 0 aliphatic carbocycles. The number of rotatable bonds is 3. The second kappa shape index (κ2) is 3.96. The molecule has 1 aliphatic heterocycles. The van der Waals surface area contributed by atoms with E-state index in [0.717, 1.165) is 17.9 Å². The molecule has 1 heterocycles. The van der Waals surface area contributed by atoms with Gasteiger partial charge in [-0.05, 0) is 23.8 Å². The van der Waals surface area contributed by atoms with E-state index in [2.05, 4.69) is 10.5 Å². The molecular formula is C11H11N2O. The predicted octanol–water partition coefficient (Wildman–Crippen LogP) is 1.73. The Bertz CT molecular complexity index is 365. The van der Waals surface area contributed by atoms with Gasteiger partial charge in [-0.15, -0.1) is 0 Å². The Kier molecular flexibility index (Phi) is 2.49. The Morgan fingerprint density at radius 2 is 2.00 bits per heavy atom. The summed E-state index contributed by atoms with van der Waals surface area (Å²) in [5.74, 6) is 0.877. The first kappa shape index (κ1) is 8.81. The van der Waals surface area contributed by atoms with Crippen molar-refractivity contribution in [2.24, 2.45) is 5.10 Å². The van der Waals surface area contributed by atoms with Gasteiger partial charge in [0.2, 0.25) is 0 Å². The molecule has 0 atom stereocenters. The molecule has 3 nitrogen and oxygen atoms in total. The van der Waals surface area contributed by atoms with Crippen LogP contribution in [0.4, 0.5) is 0 Å². The van der Waals surface area contributed by atoms with E-state index in [0.29, 0.717) is 0 Å². The molecule has 1 aromatic carbocycles. The van der Waals surface area contributed by atoms with Crippen molar-refractivity contribution in [2.75, 3.05) is 7.11 Å². The monoisotopic (exact) mass is 187 g/mol. The van der Waals surface area contributed by atoms with Crippen LogP contribution in [0.5, 0.6) is 5.75 Å². The molecule has 2 rings (SSSR count). The lowest BCUT2D eigenvalue weighted by molar-refractivity contribution is 0.414. The van der Waals surface area contributed by atoms with Gasteiger partial charge in [0.1, 0.15) is 5.75 Å². The lowest BCUT2D eigenvalue weighted by Gasteiger charge is -2.02. The summed E-state index contributed by atoms with van der Waals surface area (Å²) < 4.78 is 5.08. The fourth-order valence-corrected chi connectivity index (χ4v) is 1.31. The predicted molar refractivity (Wildman–Crippen MR) is 55.4 cm³/mol. The highest BCUT2D eigenvalue weighted by Gasteiger charge is 2.03. The average Bonchev–Trinajstić information content (AvgIpc) is 2.72. The van der Waals surface area contributed by atoms with Gasteiger partial charge in [0.15, 0.2) is 0 Å². The van der Waals surface area contributed by atoms with Gasteiger partial charge in [-0.1, -0.05) is 12.1 Å². The van der Waals surface area contributed by atoms with Gasteiger partial charge in [0.25, 0.3) is 0 Å². The van der Waals surface area contributed by atoms with Gasteiger partial charge in [0.05, 0.1) is 19.0 Å². The molecule has 3 heteroatoms. The zero-order valence-electron chi connectivity index (χ0n) is 7.97. The summed E-state index contributed by atoms with van der Waals surface area (Å²) in [7, 11) is 1.66. The third-order valence-corrected chi connectivity index (χ3v) is 2.06. The highest BCUT2D eigenvalue weighted by Crippen LogP contribution is 2.14. The van der Waals surface area contributed by atoms with E-state index < -0.39 is 0 Å². The number of methoxy groups -OCH3 is 1. The topological polar surface area (TPSA) is 35.7 Å². The number of nitrogens with zero attached hydrogens (tertiary/aromatic N) is 2. The second-order valence-electron chi connectivity index (χ2n) is 3.05. The average molecular weight is 187 g/mol. The molecule has 0 fully saturated rings. The summed E-state index contributed by atoms with van der Waals surface area (Å²) in [6.45, 7) is 0. The minimum atomic E-state index is 0.823. The third-order valence-electron chi connectivity index (χ3n) is 2.06. The van der Waals surface area contributed by atoms with E-state index in [1.165, 1.54) is 5.56 Å². The lowest BCUT2D eigenvalue weighted by Crippen LogP contribution is -1.96. The molecule has 1 aromatic rings. The van der Waals surface area contributed by atoms with Crippen molar-refractivity contribution in [3.63, 3.8) is 0 Å². The Morgan fingerprint density at radius 1 is 1.21 bits per heavy atom. The second-order valence-corrected chi connectivity index (χ2v) is 3.05. The summed E-state index contributed by atoms with van der Waals surface area (Å²) in [5.41, 5.74) is 6.18. The van der Waals surface area contributed by atoms with Crippen molar-refractivity contribution >= 4 is 6.21 Å². The van der Waals surface area contributed by atoms with Gasteiger partial charge in [-0.2, -0.15) is 10.5 Å². The maximum atomic E-state index is 5.08. The van der Waals surface area contributed by atoms with Gasteiger partial charge in [0, 0.05) is 6.42 Å². The standard InChI is InChI=1S/C11H11N2O/c1-14-11-4-2-9(3-5-11)8-10-6-7-12-13-10/h2-7H,8H2,1H3. The van der Waals surface area contributed by atoms with Crippen LogP contribution in [0.1, 0.15) is 5.56 Å². The van der Waals surface area contributed by atoms with E-state index in [1.54, 1.807) is 13.3 Å². The van der Waals surface area contributed by atoms with Crippen LogP contribution in [0, 0.1) is 0 Å². The molecule has 1 radical (unpaired) electrons. The normalized spacial score (nSPS) is 13.6. The molecular weight excluding hydrogens is 176 g/mol. The molecule has 14 heavy (non-hydrogen) atoms. The van der Waals surface area contributed by atoms with Crippen LogP contribution in [0.15, 0.2) is 41.1 Å². The molecule has 0 bridgehead atoms. The minimum Gasteiger partial charge on any atom is -0.497 e. The van der Waals surface area contributed by atoms with Crippen LogP contribution in [0.25, 0.3) is 0 Å². The largest absolute Gasteiger partial charge is 0.497 e. The van der Waals surface area contributed by atoms with Crippen LogP contribution in [0.3, 0.4) is 0 Å². The number of hydrogen-bond donors (Lipinski definition) is 0. The minimum absolute atomic E-state index is 0.823. The number of benzene rings is 1. The fourth-order valence-electron chi connectivity index (χ4n) is 1.31. The number of hydrogen-bond acceptors (Lipinski definition) is 2. The SMILES string of the molecule is COc1ccc(CC2=CC=N[N]2)cc1. The summed E-state index contributed by atoms with van der Waals surface area (Å²) in [4.78, 5) is 0. The van der Waals surface area contributed by atoms with Gasteiger partial charge in [-0.25, -0.2) is 0 Å². The summed E-state index contributed by atoms with van der Waals surface area (Å²) in [6, 6.07) is 7.97. The van der Waals surface area contributed by atoms with Gasteiger partial charge >= 0.3 is 0 Å². The Balaban J connectivity index is 2.03. The first-order valence-corrected chi connectivity index (χ1v) is 4.44. The molecule has 0 N–H and O–H groups in total. The summed E-state index contributed by atoms with van der Waals surface area (Å²) in [5, 5.41) is 3.78. The van der Waals surface area contributed by atoms with Crippen LogP contribution >= 0.6 is 0 Å². The molecule has 1 aliphatic rings. The van der Waals surface area contributed by atoms with E-state index in [9.17, 15) is 0 Å². The molecule has 0 amide bonds. The molecule has 0 spiro atoms. The third kappa shape index (κ3) is 1.93. The quantitative estimate of drug-likeness (QED) is 0.709. The Labute approximate surface area is 83.1 Å². The van der Waals surface area contributed by atoms with Crippen molar-refractivity contribution in [3.8, 4) is 5.75 Å². The lowest BCUT2D eigenvalue weighted by atomic mass is 10.1. The van der Waals surface area contributed by atoms with Crippen molar-refractivity contribution in [3.05, 3.63) is 41.6 Å². The molecule has 0 saturated carbocycles. The van der Waals surface area contributed by atoms with E-state index in [1.807, 2.05) is 30.3 Å². The maximum Gasteiger partial charge on any atom is 0.118 e. The summed E-state index contributed by atoms with van der Waals surface area (Å²) >= 11 is 0. The summed E-state index contributed by atoms with van der Waals surface area (Å²) in [6.07, 6.45) is 4.45. The highest BCUT2D eigenvalue weighted by atomic mass is 16.5. The zero-order chi connectivity index (χ0) is 9.80.